The van der Waals surface area contributed by atoms with Crippen LogP contribution in [0.5, 0.6) is 0 Å². The Morgan fingerprint density at radius 2 is 1.96 bits per heavy atom. The van der Waals surface area contributed by atoms with Gasteiger partial charge in [-0.15, -0.1) is 0 Å². The molecule has 2 aromatic carbocycles. The number of carbonyl (C=O) groups is 2. The van der Waals surface area contributed by atoms with E-state index in [0.29, 0.717) is 22.8 Å². The number of amides is 2. The largest absolute Gasteiger partial charge is 0.366 e. The van der Waals surface area contributed by atoms with Crippen molar-refractivity contribution in [2.24, 2.45) is 5.73 Å². The van der Waals surface area contributed by atoms with Crippen LogP contribution in [0, 0.1) is 0 Å². The van der Waals surface area contributed by atoms with Crippen LogP contribution in [-0.4, -0.2) is 16.8 Å². The van der Waals surface area contributed by atoms with Gasteiger partial charge in [0.15, 0.2) is 0 Å². The molecule has 1 aromatic heterocycles. The summed E-state index contributed by atoms with van der Waals surface area (Å²) in [6.07, 6.45) is 0. The van der Waals surface area contributed by atoms with Crippen molar-refractivity contribution in [2.45, 2.75) is 6.54 Å². The van der Waals surface area contributed by atoms with Gasteiger partial charge >= 0.3 is 0 Å². The number of nitrogens with two attached hydrogens (primary N) is 1. The van der Waals surface area contributed by atoms with Crippen molar-refractivity contribution in [3.05, 3.63) is 70.4 Å². The number of halogens is 1. The van der Waals surface area contributed by atoms with E-state index in [0.717, 1.165) is 16.5 Å². The number of primary amides is 1. The molecule has 0 aliphatic heterocycles. The number of nitrogens with one attached hydrogen (secondary N) is 2. The van der Waals surface area contributed by atoms with Crippen LogP contribution in [0.3, 0.4) is 0 Å². The Morgan fingerprint density at radius 1 is 1.13 bits per heavy atom. The van der Waals surface area contributed by atoms with Crippen LogP contribution < -0.4 is 11.1 Å². The van der Waals surface area contributed by atoms with Crippen molar-refractivity contribution in [1.82, 2.24) is 10.3 Å². The smallest absolute Gasteiger partial charge is 0.267 e. The zero-order valence-corrected chi connectivity index (χ0v) is 12.9. The molecule has 0 spiro atoms. The third kappa shape index (κ3) is 3.35. The average Bonchev–Trinajstić information content (AvgIpc) is 2.96. The molecular formula is C17H14ClN3O2. The first-order valence-electron chi connectivity index (χ1n) is 6.98. The van der Waals surface area contributed by atoms with Gasteiger partial charge in [-0.3, -0.25) is 9.59 Å². The van der Waals surface area contributed by atoms with Crippen LogP contribution in [0.2, 0.25) is 5.02 Å². The molecular weight excluding hydrogens is 314 g/mol. The van der Waals surface area contributed by atoms with Gasteiger partial charge in [0.2, 0.25) is 5.91 Å². The summed E-state index contributed by atoms with van der Waals surface area (Å²) in [5.74, 6) is -0.729. The van der Waals surface area contributed by atoms with Crippen LogP contribution in [-0.2, 0) is 6.54 Å². The molecule has 0 fully saturated rings. The van der Waals surface area contributed by atoms with Gasteiger partial charge in [0.25, 0.3) is 5.91 Å². The van der Waals surface area contributed by atoms with Gasteiger partial charge in [0.1, 0.15) is 5.69 Å². The Bertz CT molecular complexity index is 902. The Kier molecular flexibility index (Phi) is 4.04. The maximum atomic E-state index is 12.2. The molecule has 0 bridgehead atoms. The number of carbonyl (C=O) groups excluding carboxylic acids is 2. The monoisotopic (exact) mass is 327 g/mol. The van der Waals surface area contributed by atoms with Crippen molar-refractivity contribution >= 4 is 34.3 Å². The van der Waals surface area contributed by atoms with E-state index in [9.17, 15) is 9.59 Å². The Morgan fingerprint density at radius 3 is 2.74 bits per heavy atom. The highest BCUT2D eigenvalue weighted by molar-refractivity contribution is 6.31. The first-order chi connectivity index (χ1) is 11.0. The normalized spacial score (nSPS) is 10.7. The number of benzene rings is 2. The van der Waals surface area contributed by atoms with E-state index in [1.165, 1.54) is 0 Å². The lowest BCUT2D eigenvalue weighted by Crippen LogP contribution is -2.23. The standard InChI is InChI=1S/C17H14ClN3O2/c18-13-4-5-14-12(7-13)8-15(21-14)17(23)20-9-10-2-1-3-11(6-10)16(19)22/h1-8,21H,9H2,(H2,19,22)(H,20,23). The predicted molar refractivity (Wildman–Crippen MR) is 89.4 cm³/mol. The molecule has 4 N–H and O–H groups in total. The fourth-order valence-corrected chi connectivity index (χ4v) is 2.52. The first-order valence-corrected chi connectivity index (χ1v) is 7.36. The fourth-order valence-electron chi connectivity index (χ4n) is 2.34. The minimum atomic E-state index is -0.495. The average molecular weight is 328 g/mol. The number of H-pyrrole nitrogens is 1. The van der Waals surface area contributed by atoms with Gasteiger partial charge in [-0.1, -0.05) is 23.7 Å². The van der Waals surface area contributed by atoms with E-state index in [2.05, 4.69) is 10.3 Å². The molecule has 0 saturated heterocycles. The SMILES string of the molecule is NC(=O)c1cccc(CNC(=O)c2cc3cc(Cl)ccc3[nH]2)c1. The summed E-state index contributed by atoms with van der Waals surface area (Å²) in [6, 6.07) is 14.0. The highest BCUT2D eigenvalue weighted by Crippen LogP contribution is 2.20. The van der Waals surface area contributed by atoms with Gasteiger partial charge in [-0.25, -0.2) is 0 Å². The maximum absolute atomic E-state index is 12.2. The molecule has 0 unspecified atom stereocenters. The van der Waals surface area contributed by atoms with Gasteiger partial charge in [0, 0.05) is 28.0 Å². The predicted octanol–water partition coefficient (Wildman–Crippen LogP) is 2.85. The van der Waals surface area contributed by atoms with E-state index in [1.54, 1.807) is 36.4 Å². The fraction of sp³-hybridized carbons (Fsp3) is 0.0588. The van der Waals surface area contributed by atoms with Gasteiger partial charge in [-0.2, -0.15) is 0 Å². The molecule has 2 amide bonds. The zero-order valence-electron chi connectivity index (χ0n) is 12.1. The second-order valence-corrected chi connectivity index (χ2v) is 5.60. The summed E-state index contributed by atoms with van der Waals surface area (Å²) in [5.41, 5.74) is 7.75. The lowest BCUT2D eigenvalue weighted by Gasteiger charge is -2.05. The third-order valence-electron chi connectivity index (χ3n) is 3.49. The Hall–Kier alpha value is -2.79. The molecule has 0 radical (unpaired) electrons. The van der Waals surface area contributed by atoms with Gasteiger partial charge < -0.3 is 16.0 Å². The van der Waals surface area contributed by atoms with Crippen LogP contribution in [0.1, 0.15) is 26.4 Å². The summed E-state index contributed by atoms with van der Waals surface area (Å²) in [4.78, 5) is 26.4. The lowest BCUT2D eigenvalue weighted by molar-refractivity contribution is 0.0946. The maximum Gasteiger partial charge on any atom is 0.267 e. The highest BCUT2D eigenvalue weighted by atomic mass is 35.5. The molecule has 23 heavy (non-hydrogen) atoms. The number of aromatic amines is 1. The second kappa shape index (κ2) is 6.14. The zero-order chi connectivity index (χ0) is 16.4. The van der Waals surface area contributed by atoms with E-state index in [4.69, 9.17) is 17.3 Å². The molecule has 1 heterocycles. The summed E-state index contributed by atoms with van der Waals surface area (Å²) < 4.78 is 0. The van der Waals surface area contributed by atoms with Crippen molar-refractivity contribution < 1.29 is 9.59 Å². The highest BCUT2D eigenvalue weighted by Gasteiger charge is 2.10. The Balaban J connectivity index is 1.73. The second-order valence-electron chi connectivity index (χ2n) is 5.16. The summed E-state index contributed by atoms with van der Waals surface area (Å²) in [5, 5.41) is 4.29. The topological polar surface area (TPSA) is 88.0 Å². The van der Waals surface area contributed by atoms with E-state index in [1.807, 2.05) is 12.1 Å². The molecule has 116 valence electrons. The quantitative estimate of drug-likeness (QED) is 0.688. The Labute approximate surface area is 137 Å². The van der Waals surface area contributed by atoms with Crippen molar-refractivity contribution in [1.29, 1.82) is 0 Å². The summed E-state index contributed by atoms with van der Waals surface area (Å²) in [6.45, 7) is 0.302. The molecule has 6 heteroatoms. The molecule has 0 saturated carbocycles. The molecule has 3 aromatic rings. The lowest BCUT2D eigenvalue weighted by atomic mass is 10.1. The van der Waals surface area contributed by atoms with E-state index < -0.39 is 5.91 Å². The van der Waals surface area contributed by atoms with E-state index in [-0.39, 0.29) is 5.91 Å². The first kappa shape index (κ1) is 15.1. The van der Waals surface area contributed by atoms with Crippen molar-refractivity contribution in [3.8, 4) is 0 Å². The molecule has 0 atom stereocenters. The van der Waals surface area contributed by atoms with Crippen LogP contribution >= 0.6 is 11.6 Å². The number of hydrogen-bond donors (Lipinski definition) is 3. The van der Waals surface area contributed by atoms with E-state index >= 15 is 0 Å². The minimum Gasteiger partial charge on any atom is -0.366 e. The third-order valence-corrected chi connectivity index (χ3v) is 3.73. The summed E-state index contributed by atoms with van der Waals surface area (Å²) >= 11 is 5.94. The molecule has 0 aliphatic rings. The van der Waals surface area contributed by atoms with Gasteiger partial charge in [-0.05, 0) is 42.0 Å². The number of fused-ring (bicyclic) bond motifs is 1. The summed E-state index contributed by atoms with van der Waals surface area (Å²) in [7, 11) is 0. The van der Waals surface area contributed by atoms with Crippen LogP contribution in [0.25, 0.3) is 10.9 Å². The number of aromatic nitrogens is 1. The van der Waals surface area contributed by atoms with Gasteiger partial charge in [0.05, 0.1) is 0 Å². The van der Waals surface area contributed by atoms with Crippen LogP contribution in [0.15, 0.2) is 48.5 Å². The van der Waals surface area contributed by atoms with Crippen molar-refractivity contribution in [3.63, 3.8) is 0 Å². The minimum absolute atomic E-state index is 0.234. The van der Waals surface area contributed by atoms with Crippen molar-refractivity contribution in [2.75, 3.05) is 0 Å². The number of rotatable bonds is 4. The number of hydrogen-bond acceptors (Lipinski definition) is 2. The van der Waals surface area contributed by atoms with Crippen LogP contribution in [0.4, 0.5) is 0 Å². The molecule has 5 nitrogen and oxygen atoms in total. The molecule has 0 aliphatic carbocycles. The molecule has 3 rings (SSSR count).